The van der Waals surface area contributed by atoms with Crippen LogP contribution in [0.15, 0.2) is 42.5 Å². The van der Waals surface area contributed by atoms with Gasteiger partial charge in [-0.25, -0.2) is 0 Å². The Morgan fingerprint density at radius 3 is 2.34 bits per heavy atom. The standard InChI is InChI=1S/C25H32Cl2N2O3/c1-6-17(4)28-25(31)18(5)29(14-19-11-12-21(26)22(27)13-19)24(30)15-32-23-10-8-7-9-20(23)16(2)3/h7-13,16-18H,6,14-15H2,1-5H3,(H,28,31)/t17-,18-/m1/s1. The third kappa shape index (κ3) is 7.14. The van der Waals surface area contributed by atoms with E-state index >= 15 is 0 Å². The lowest BCUT2D eigenvalue weighted by Crippen LogP contribution is -2.50. The van der Waals surface area contributed by atoms with Gasteiger partial charge >= 0.3 is 0 Å². The molecule has 0 saturated heterocycles. The van der Waals surface area contributed by atoms with E-state index in [0.29, 0.717) is 15.8 Å². The molecule has 0 aliphatic carbocycles. The quantitative estimate of drug-likeness (QED) is 0.467. The third-order valence-corrected chi connectivity index (χ3v) is 6.14. The van der Waals surface area contributed by atoms with Crippen molar-refractivity contribution in [3.63, 3.8) is 0 Å². The summed E-state index contributed by atoms with van der Waals surface area (Å²) < 4.78 is 5.88. The van der Waals surface area contributed by atoms with Gasteiger partial charge in [-0.2, -0.15) is 0 Å². The van der Waals surface area contributed by atoms with Gasteiger partial charge in [0.25, 0.3) is 5.91 Å². The number of para-hydroxylation sites is 1. The van der Waals surface area contributed by atoms with E-state index in [-0.39, 0.29) is 36.9 Å². The van der Waals surface area contributed by atoms with Crippen LogP contribution in [0, 0.1) is 0 Å². The summed E-state index contributed by atoms with van der Waals surface area (Å²) in [6.45, 7) is 9.82. The molecular weight excluding hydrogens is 447 g/mol. The molecule has 0 aromatic heterocycles. The first-order valence-corrected chi connectivity index (χ1v) is 11.6. The Hall–Kier alpha value is -2.24. The second-order valence-corrected chi connectivity index (χ2v) is 9.06. The van der Waals surface area contributed by atoms with Crippen molar-refractivity contribution in [2.24, 2.45) is 0 Å². The molecule has 0 bridgehead atoms. The largest absolute Gasteiger partial charge is 0.483 e. The highest BCUT2D eigenvalue weighted by Crippen LogP contribution is 2.26. The number of ether oxygens (including phenoxy) is 1. The van der Waals surface area contributed by atoms with E-state index in [0.717, 1.165) is 17.5 Å². The average Bonchev–Trinajstić information content (AvgIpc) is 2.77. The maximum absolute atomic E-state index is 13.2. The highest BCUT2D eigenvalue weighted by molar-refractivity contribution is 6.42. The van der Waals surface area contributed by atoms with Gasteiger partial charge in [-0.05, 0) is 55.5 Å². The molecule has 2 atom stereocenters. The number of amides is 2. The Morgan fingerprint density at radius 1 is 1.03 bits per heavy atom. The van der Waals surface area contributed by atoms with Crippen LogP contribution in [0.1, 0.15) is 58.1 Å². The summed E-state index contributed by atoms with van der Waals surface area (Å²) in [5.74, 6) is 0.424. The van der Waals surface area contributed by atoms with Crippen molar-refractivity contribution in [1.29, 1.82) is 0 Å². The minimum Gasteiger partial charge on any atom is -0.483 e. The molecular formula is C25H32Cl2N2O3. The van der Waals surface area contributed by atoms with Gasteiger partial charge in [-0.1, -0.05) is 68.2 Å². The lowest BCUT2D eigenvalue weighted by Gasteiger charge is -2.30. The maximum Gasteiger partial charge on any atom is 0.261 e. The molecule has 7 heteroatoms. The summed E-state index contributed by atoms with van der Waals surface area (Å²) in [6, 6.07) is 12.2. The molecule has 0 radical (unpaired) electrons. The van der Waals surface area contributed by atoms with Gasteiger partial charge < -0.3 is 15.0 Å². The molecule has 0 unspecified atom stereocenters. The number of carbonyl (C=O) groups excluding carboxylic acids is 2. The first-order valence-electron chi connectivity index (χ1n) is 10.9. The molecule has 5 nitrogen and oxygen atoms in total. The number of nitrogens with one attached hydrogen (secondary N) is 1. The fourth-order valence-electron chi connectivity index (χ4n) is 3.19. The van der Waals surface area contributed by atoms with Crippen LogP contribution in [0.5, 0.6) is 5.75 Å². The molecule has 174 valence electrons. The molecule has 0 spiro atoms. The maximum atomic E-state index is 13.2. The highest BCUT2D eigenvalue weighted by atomic mass is 35.5. The summed E-state index contributed by atoms with van der Waals surface area (Å²) in [6.07, 6.45) is 0.800. The molecule has 2 amide bonds. The van der Waals surface area contributed by atoms with Gasteiger partial charge in [-0.3, -0.25) is 9.59 Å². The van der Waals surface area contributed by atoms with Crippen LogP contribution < -0.4 is 10.1 Å². The van der Waals surface area contributed by atoms with E-state index in [4.69, 9.17) is 27.9 Å². The van der Waals surface area contributed by atoms with Crippen molar-refractivity contribution in [3.05, 3.63) is 63.6 Å². The fourth-order valence-corrected chi connectivity index (χ4v) is 3.51. The van der Waals surface area contributed by atoms with Gasteiger partial charge in [0, 0.05) is 12.6 Å². The van der Waals surface area contributed by atoms with Gasteiger partial charge in [0.2, 0.25) is 5.91 Å². The monoisotopic (exact) mass is 478 g/mol. The van der Waals surface area contributed by atoms with Crippen molar-refractivity contribution < 1.29 is 14.3 Å². The molecule has 2 aromatic carbocycles. The Kier molecular flexibility index (Phi) is 9.85. The van der Waals surface area contributed by atoms with E-state index in [1.54, 1.807) is 25.1 Å². The van der Waals surface area contributed by atoms with Crippen molar-refractivity contribution >= 4 is 35.0 Å². The average molecular weight is 479 g/mol. The van der Waals surface area contributed by atoms with E-state index in [1.165, 1.54) is 4.90 Å². The van der Waals surface area contributed by atoms with Crippen LogP contribution in [0.25, 0.3) is 0 Å². The predicted molar refractivity (Wildman–Crippen MR) is 130 cm³/mol. The zero-order valence-electron chi connectivity index (χ0n) is 19.3. The second-order valence-electron chi connectivity index (χ2n) is 8.25. The number of hydrogen-bond acceptors (Lipinski definition) is 3. The fraction of sp³-hybridized carbons (Fsp3) is 0.440. The molecule has 2 aromatic rings. The van der Waals surface area contributed by atoms with Crippen LogP contribution in [-0.4, -0.2) is 35.4 Å². The second kappa shape index (κ2) is 12.1. The Balaban J connectivity index is 2.23. The van der Waals surface area contributed by atoms with Crippen LogP contribution in [0.3, 0.4) is 0 Å². The van der Waals surface area contributed by atoms with Crippen molar-refractivity contribution in [3.8, 4) is 5.75 Å². The third-order valence-electron chi connectivity index (χ3n) is 5.40. The van der Waals surface area contributed by atoms with Crippen molar-refractivity contribution in [2.75, 3.05) is 6.61 Å². The predicted octanol–water partition coefficient (Wildman–Crippen LogP) is 5.83. The molecule has 0 aliphatic heterocycles. The van der Waals surface area contributed by atoms with Crippen LogP contribution in [0.2, 0.25) is 10.0 Å². The molecule has 0 aliphatic rings. The molecule has 32 heavy (non-hydrogen) atoms. The summed E-state index contributed by atoms with van der Waals surface area (Å²) in [7, 11) is 0. The first kappa shape index (κ1) is 26.0. The number of halogens is 2. The molecule has 0 fully saturated rings. The van der Waals surface area contributed by atoms with E-state index in [9.17, 15) is 9.59 Å². The van der Waals surface area contributed by atoms with Crippen LogP contribution in [-0.2, 0) is 16.1 Å². The molecule has 1 N–H and O–H groups in total. The summed E-state index contributed by atoms with van der Waals surface area (Å²) >= 11 is 12.2. The molecule has 2 rings (SSSR count). The Labute approximate surface area is 201 Å². The lowest BCUT2D eigenvalue weighted by atomic mass is 10.0. The van der Waals surface area contributed by atoms with E-state index < -0.39 is 6.04 Å². The topological polar surface area (TPSA) is 58.6 Å². The molecule has 0 saturated carbocycles. The van der Waals surface area contributed by atoms with Gasteiger partial charge in [0.15, 0.2) is 6.61 Å². The SMILES string of the molecule is CC[C@@H](C)NC(=O)[C@@H](C)N(Cc1ccc(Cl)c(Cl)c1)C(=O)COc1ccccc1C(C)C. The van der Waals surface area contributed by atoms with Gasteiger partial charge in [-0.15, -0.1) is 0 Å². The highest BCUT2D eigenvalue weighted by Gasteiger charge is 2.27. The number of nitrogens with zero attached hydrogens (tertiary/aromatic N) is 1. The minimum atomic E-state index is -0.685. The zero-order chi connectivity index (χ0) is 23.8. The van der Waals surface area contributed by atoms with E-state index in [1.807, 2.05) is 38.1 Å². The minimum absolute atomic E-state index is 0.0149. The number of benzene rings is 2. The smallest absolute Gasteiger partial charge is 0.261 e. The molecule has 0 heterocycles. The van der Waals surface area contributed by atoms with Gasteiger partial charge in [0.05, 0.1) is 10.0 Å². The van der Waals surface area contributed by atoms with Crippen LogP contribution in [0.4, 0.5) is 0 Å². The summed E-state index contributed by atoms with van der Waals surface area (Å²) in [5, 5.41) is 3.78. The van der Waals surface area contributed by atoms with E-state index in [2.05, 4.69) is 19.2 Å². The van der Waals surface area contributed by atoms with Gasteiger partial charge in [0.1, 0.15) is 11.8 Å². The van der Waals surface area contributed by atoms with Crippen LogP contribution >= 0.6 is 23.2 Å². The Bertz CT molecular complexity index is 933. The summed E-state index contributed by atoms with van der Waals surface area (Å²) in [4.78, 5) is 27.5. The summed E-state index contributed by atoms with van der Waals surface area (Å²) in [5.41, 5.74) is 1.80. The number of hydrogen-bond donors (Lipinski definition) is 1. The first-order chi connectivity index (χ1) is 15.1. The Morgan fingerprint density at radius 2 is 1.72 bits per heavy atom. The van der Waals surface area contributed by atoms with Crippen molar-refractivity contribution in [1.82, 2.24) is 10.2 Å². The van der Waals surface area contributed by atoms with Crippen molar-refractivity contribution in [2.45, 2.75) is 65.6 Å². The zero-order valence-corrected chi connectivity index (χ0v) is 20.8. The number of rotatable bonds is 10. The normalized spacial score (nSPS) is 12.9. The lowest BCUT2D eigenvalue weighted by molar-refractivity contribution is -0.142. The number of carbonyl (C=O) groups is 2.